The summed E-state index contributed by atoms with van der Waals surface area (Å²) in [5, 5.41) is 7.92. The van der Waals surface area contributed by atoms with Crippen LogP contribution in [0.5, 0.6) is 0 Å². The molecule has 0 unspecified atom stereocenters. The first-order valence-corrected chi connectivity index (χ1v) is 8.92. The van der Waals surface area contributed by atoms with Crippen molar-refractivity contribution in [3.8, 4) is 0 Å². The number of rotatable bonds is 7. The molecule has 0 saturated carbocycles. The maximum atomic E-state index is 11.8. The van der Waals surface area contributed by atoms with E-state index >= 15 is 0 Å². The summed E-state index contributed by atoms with van der Waals surface area (Å²) >= 11 is 0. The molecule has 2 aromatic rings. The maximum Gasteiger partial charge on any atom is 0.238 e. The number of sulfonamides is 1. The molecule has 0 radical (unpaired) electrons. The Morgan fingerprint density at radius 3 is 2.13 bits per heavy atom. The number of carbonyl (C=O) groups is 1. The zero-order chi connectivity index (χ0) is 16.7. The Labute approximate surface area is 136 Å². The average molecular weight is 332 g/mol. The molecule has 23 heavy (non-hydrogen) atoms. The van der Waals surface area contributed by atoms with Gasteiger partial charge in [-0.15, -0.1) is 0 Å². The highest BCUT2D eigenvalue weighted by atomic mass is 32.2. The third-order valence-electron chi connectivity index (χ3n) is 3.47. The molecule has 1 amide bonds. The van der Waals surface area contributed by atoms with Crippen LogP contribution in [0, 0.1) is 0 Å². The zero-order valence-electron chi connectivity index (χ0n) is 12.7. The van der Waals surface area contributed by atoms with Crippen LogP contribution in [-0.2, 0) is 27.7 Å². The van der Waals surface area contributed by atoms with E-state index in [0.717, 1.165) is 12.0 Å². The molecule has 0 bridgehead atoms. The number of nitrogens with two attached hydrogens (primary N) is 1. The van der Waals surface area contributed by atoms with Gasteiger partial charge < -0.3 is 5.32 Å². The third kappa shape index (κ3) is 5.84. The van der Waals surface area contributed by atoms with Gasteiger partial charge in [-0.1, -0.05) is 42.5 Å². The highest BCUT2D eigenvalue weighted by Crippen LogP contribution is 2.10. The molecule has 0 saturated heterocycles. The molecule has 0 aromatic heterocycles. The van der Waals surface area contributed by atoms with E-state index in [-0.39, 0.29) is 10.8 Å². The molecule has 0 aliphatic carbocycles. The van der Waals surface area contributed by atoms with Crippen molar-refractivity contribution in [3.63, 3.8) is 0 Å². The van der Waals surface area contributed by atoms with Gasteiger partial charge in [-0.3, -0.25) is 4.79 Å². The summed E-state index contributed by atoms with van der Waals surface area (Å²) in [5.74, 6) is -0.0172. The normalized spacial score (nSPS) is 11.2. The summed E-state index contributed by atoms with van der Waals surface area (Å²) in [6.07, 6.45) is 1.72. The van der Waals surface area contributed by atoms with Gasteiger partial charge in [0.25, 0.3) is 0 Å². The maximum absolute atomic E-state index is 11.8. The lowest BCUT2D eigenvalue weighted by molar-refractivity contribution is -0.121. The van der Waals surface area contributed by atoms with Crippen LogP contribution in [0.25, 0.3) is 0 Å². The van der Waals surface area contributed by atoms with E-state index in [9.17, 15) is 13.2 Å². The third-order valence-corrected chi connectivity index (χ3v) is 4.40. The van der Waals surface area contributed by atoms with Gasteiger partial charge in [-0.05, 0) is 36.1 Å². The molecule has 2 rings (SSSR count). The predicted molar refractivity (Wildman–Crippen MR) is 89.3 cm³/mol. The van der Waals surface area contributed by atoms with Crippen LogP contribution in [0.3, 0.4) is 0 Å². The molecular weight excluding hydrogens is 312 g/mol. The Hall–Kier alpha value is -2.18. The van der Waals surface area contributed by atoms with Crippen molar-refractivity contribution in [1.82, 2.24) is 5.32 Å². The Bertz CT molecular complexity index is 741. The van der Waals surface area contributed by atoms with E-state index < -0.39 is 10.0 Å². The monoisotopic (exact) mass is 332 g/mol. The lowest BCUT2D eigenvalue weighted by atomic mass is 10.1. The average Bonchev–Trinajstić information content (AvgIpc) is 2.53. The van der Waals surface area contributed by atoms with Crippen molar-refractivity contribution < 1.29 is 13.2 Å². The van der Waals surface area contributed by atoms with Crippen LogP contribution in [-0.4, -0.2) is 20.9 Å². The van der Waals surface area contributed by atoms with Gasteiger partial charge in [-0.2, -0.15) is 0 Å². The number of amides is 1. The fourth-order valence-electron chi connectivity index (χ4n) is 2.18. The molecule has 0 spiro atoms. The van der Waals surface area contributed by atoms with E-state index in [1.165, 1.54) is 17.7 Å². The second-order valence-electron chi connectivity index (χ2n) is 5.27. The first-order valence-electron chi connectivity index (χ1n) is 7.37. The van der Waals surface area contributed by atoms with Gasteiger partial charge >= 0.3 is 0 Å². The minimum Gasteiger partial charge on any atom is -0.356 e. The summed E-state index contributed by atoms with van der Waals surface area (Å²) in [7, 11) is -3.67. The van der Waals surface area contributed by atoms with Gasteiger partial charge in [0, 0.05) is 13.0 Å². The van der Waals surface area contributed by atoms with Gasteiger partial charge in [0.2, 0.25) is 15.9 Å². The topological polar surface area (TPSA) is 89.3 Å². The Kier molecular flexibility index (Phi) is 5.90. The number of nitrogens with one attached hydrogen (secondary N) is 1. The van der Waals surface area contributed by atoms with Crippen molar-refractivity contribution in [3.05, 3.63) is 65.7 Å². The largest absolute Gasteiger partial charge is 0.356 e. The summed E-state index contributed by atoms with van der Waals surface area (Å²) in [6, 6.07) is 16.2. The number of hydrogen-bond acceptors (Lipinski definition) is 3. The van der Waals surface area contributed by atoms with Crippen molar-refractivity contribution in [2.45, 2.75) is 24.2 Å². The molecule has 2 aromatic carbocycles. The highest BCUT2D eigenvalue weighted by molar-refractivity contribution is 7.89. The smallest absolute Gasteiger partial charge is 0.238 e. The van der Waals surface area contributed by atoms with Crippen molar-refractivity contribution in [2.24, 2.45) is 5.14 Å². The van der Waals surface area contributed by atoms with Crippen LogP contribution < -0.4 is 10.5 Å². The summed E-state index contributed by atoms with van der Waals surface area (Å²) in [6.45, 7) is 0.604. The minimum absolute atomic E-state index is 0.0172. The van der Waals surface area contributed by atoms with E-state index in [2.05, 4.69) is 5.32 Å². The molecular formula is C17H20N2O3S. The second-order valence-corrected chi connectivity index (χ2v) is 6.84. The summed E-state index contributed by atoms with van der Waals surface area (Å²) < 4.78 is 22.3. The van der Waals surface area contributed by atoms with Gasteiger partial charge in [0.1, 0.15) is 0 Å². The van der Waals surface area contributed by atoms with Crippen molar-refractivity contribution in [1.29, 1.82) is 0 Å². The minimum atomic E-state index is -3.67. The first kappa shape index (κ1) is 17.2. The molecule has 0 aliphatic heterocycles. The van der Waals surface area contributed by atoms with E-state index in [0.29, 0.717) is 19.4 Å². The van der Waals surface area contributed by atoms with Crippen molar-refractivity contribution >= 4 is 15.9 Å². The fraction of sp³-hybridized carbons (Fsp3) is 0.235. The van der Waals surface area contributed by atoms with Crippen LogP contribution in [0.4, 0.5) is 0 Å². The molecule has 122 valence electrons. The molecule has 0 atom stereocenters. The molecule has 0 aliphatic rings. The highest BCUT2D eigenvalue weighted by Gasteiger charge is 2.07. The standard InChI is InChI=1S/C17H20N2O3S/c18-23(21,22)16-9-6-15(7-10-16)8-11-17(20)19-13-12-14-4-2-1-3-5-14/h1-7,9-10H,8,11-13H2,(H,19,20)(H2,18,21,22). The van der Waals surface area contributed by atoms with Crippen LogP contribution in [0.2, 0.25) is 0 Å². The Morgan fingerprint density at radius 2 is 1.52 bits per heavy atom. The number of hydrogen-bond donors (Lipinski definition) is 2. The molecule has 6 heteroatoms. The van der Waals surface area contributed by atoms with Crippen LogP contribution in [0.1, 0.15) is 17.5 Å². The molecule has 0 heterocycles. The van der Waals surface area contributed by atoms with E-state index in [1.54, 1.807) is 12.1 Å². The second kappa shape index (κ2) is 7.89. The van der Waals surface area contributed by atoms with E-state index in [1.807, 2.05) is 30.3 Å². The predicted octanol–water partition coefficient (Wildman–Crippen LogP) is 1.63. The van der Waals surface area contributed by atoms with Gasteiger partial charge in [-0.25, -0.2) is 13.6 Å². The summed E-state index contributed by atoms with van der Waals surface area (Å²) in [4.78, 5) is 11.9. The van der Waals surface area contributed by atoms with Gasteiger partial charge in [0.15, 0.2) is 0 Å². The Morgan fingerprint density at radius 1 is 0.913 bits per heavy atom. The fourth-order valence-corrected chi connectivity index (χ4v) is 2.70. The van der Waals surface area contributed by atoms with E-state index in [4.69, 9.17) is 5.14 Å². The first-order chi connectivity index (χ1) is 10.9. The number of primary sulfonamides is 1. The lowest BCUT2D eigenvalue weighted by Crippen LogP contribution is -2.25. The van der Waals surface area contributed by atoms with Gasteiger partial charge in [0.05, 0.1) is 4.90 Å². The van der Waals surface area contributed by atoms with Crippen LogP contribution in [0.15, 0.2) is 59.5 Å². The summed E-state index contributed by atoms with van der Waals surface area (Å²) in [5.41, 5.74) is 2.09. The zero-order valence-corrected chi connectivity index (χ0v) is 13.6. The number of carbonyl (C=O) groups excluding carboxylic acids is 1. The molecule has 5 nitrogen and oxygen atoms in total. The molecule has 0 fully saturated rings. The molecule has 3 N–H and O–H groups in total. The Balaban J connectivity index is 1.74. The van der Waals surface area contributed by atoms with Crippen LogP contribution >= 0.6 is 0 Å². The SMILES string of the molecule is NS(=O)(=O)c1ccc(CCC(=O)NCCc2ccccc2)cc1. The number of benzene rings is 2. The van der Waals surface area contributed by atoms with Crippen molar-refractivity contribution in [2.75, 3.05) is 6.54 Å². The quantitative estimate of drug-likeness (QED) is 0.807. The lowest BCUT2D eigenvalue weighted by Gasteiger charge is -2.06. The number of aryl methyl sites for hydroxylation is 1.